The van der Waals surface area contributed by atoms with Gasteiger partial charge in [-0.3, -0.25) is 4.79 Å². The molecule has 17 heavy (non-hydrogen) atoms. The molecule has 4 heteroatoms. The Labute approximate surface area is 101 Å². The fraction of sp³-hybridized carbons (Fsp3) is 0.308. The summed E-state index contributed by atoms with van der Waals surface area (Å²) in [6, 6.07) is 5.15. The molecular formula is C13H16N2O2. The van der Waals surface area contributed by atoms with Crippen molar-refractivity contribution in [2.45, 2.75) is 13.8 Å². The Morgan fingerprint density at radius 3 is 2.94 bits per heavy atom. The summed E-state index contributed by atoms with van der Waals surface area (Å²) in [6.45, 7) is 4.36. The van der Waals surface area contributed by atoms with Crippen LogP contribution in [0.2, 0.25) is 0 Å². The summed E-state index contributed by atoms with van der Waals surface area (Å²) < 4.78 is 5.37. The van der Waals surface area contributed by atoms with Crippen LogP contribution in [0.25, 0.3) is 0 Å². The second-order valence-electron chi connectivity index (χ2n) is 3.26. The van der Waals surface area contributed by atoms with Gasteiger partial charge in [-0.15, -0.1) is 5.92 Å². The van der Waals surface area contributed by atoms with Crippen molar-refractivity contribution in [1.29, 1.82) is 0 Å². The van der Waals surface area contributed by atoms with Gasteiger partial charge in [0.25, 0.3) is 5.91 Å². The summed E-state index contributed by atoms with van der Waals surface area (Å²) in [7, 11) is 0. The van der Waals surface area contributed by atoms with Gasteiger partial charge in [0.1, 0.15) is 11.3 Å². The Balaban J connectivity index is 2.92. The van der Waals surface area contributed by atoms with Gasteiger partial charge in [0, 0.05) is 5.69 Å². The molecule has 0 aromatic heterocycles. The maximum atomic E-state index is 11.9. The van der Waals surface area contributed by atoms with E-state index < -0.39 is 0 Å². The third kappa shape index (κ3) is 3.42. The predicted molar refractivity (Wildman–Crippen MR) is 67.8 cm³/mol. The number of rotatable bonds is 4. The number of nitrogens with two attached hydrogens (primary N) is 1. The molecular weight excluding hydrogens is 216 g/mol. The van der Waals surface area contributed by atoms with E-state index in [2.05, 4.69) is 17.2 Å². The van der Waals surface area contributed by atoms with E-state index in [1.807, 2.05) is 6.92 Å². The van der Waals surface area contributed by atoms with Crippen molar-refractivity contribution in [2.75, 3.05) is 18.9 Å². The molecule has 0 aliphatic carbocycles. The Hall–Kier alpha value is -2.15. The van der Waals surface area contributed by atoms with E-state index in [4.69, 9.17) is 10.5 Å². The zero-order valence-electron chi connectivity index (χ0n) is 10.0. The Kier molecular flexibility index (Phi) is 4.89. The SMILES string of the molecule is CC#CCNC(=O)c1c(N)cccc1OCC. The number of nitrogens with one attached hydrogen (secondary N) is 1. The van der Waals surface area contributed by atoms with Crippen LogP contribution >= 0.6 is 0 Å². The van der Waals surface area contributed by atoms with Crippen molar-refractivity contribution in [1.82, 2.24) is 5.32 Å². The summed E-state index contributed by atoms with van der Waals surface area (Å²) >= 11 is 0. The first-order valence-electron chi connectivity index (χ1n) is 5.39. The summed E-state index contributed by atoms with van der Waals surface area (Å²) in [6.07, 6.45) is 0. The van der Waals surface area contributed by atoms with Crippen LogP contribution in [0.5, 0.6) is 5.75 Å². The van der Waals surface area contributed by atoms with Crippen molar-refractivity contribution in [3.8, 4) is 17.6 Å². The fourth-order valence-electron chi connectivity index (χ4n) is 1.37. The first kappa shape index (κ1) is 12.9. The number of carbonyl (C=O) groups excluding carboxylic acids is 1. The number of hydrogen-bond acceptors (Lipinski definition) is 3. The minimum atomic E-state index is -0.269. The van der Waals surface area contributed by atoms with Crippen molar-refractivity contribution in [3.05, 3.63) is 23.8 Å². The van der Waals surface area contributed by atoms with Crippen molar-refractivity contribution < 1.29 is 9.53 Å². The first-order chi connectivity index (χ1) is 8.20. The Morgan fingerprint density at radius 1 is 1.53 bits per heavy atom. The second kappa shape index (κ2) is 6.44. The van der Waals surface area contributed by atoms with Crippen LogP contribution in [-0.2, 0) is 0 Å². The first-order valence-corrected chi connectivity index (χ1v) is 5.39. The average molecular weight is 232 g/mol. The molecule has 0 bridgehead atoms. The monoisotopic (exact) mass is 232 g/mol. The molecule has 0 saturated carbocycles. The zero-order chi connectivity index (χ0) is 12.7. The Bertz CT molecular complexity index is 458. The van der Waals surface area contributed by atoms with Crippen molar-refractivity contribution >= 4 is 11.6 Å². The molecule has 0 unspecified atom stereocenters. The van der Waals surface area contributed by atoms with Gasteiger partial charge in [-0.1, -0.05) is 12.0 Å². The van der Waals surface area contributed by atoms with Gasteiger partial charge in [0.2, 0.25) is 0 Å². The molecule has 1 rings (SSSR count). The molecule has 3 N–H and O–H groups in total. The topological polar surface area (TPSA) is 64.4 Å². The Morgan fingerprint density at radius 2 is 2.29 bits per heavy atom. The van der Waals surface area contributed by atoms with Gasteiger partial charge in [-0.05, 0) is 26.0 Å². The molecule has 1 amide bonds. The average Bonchev–Trinajstić information content (AvgIpc) is 2.30. The lowest BCUT2D eigenvalue weighted by atomic mass is 10.1. The van der Waals surface area contributed by atoms with E-state index >= 15 is 0 Å². The number of amides is 1. The summed E-state index contributed by atoms with van der Waals surface area (Å²) in [4.78, 5) is 11.9. The maximum Gasteiger partial charge on any atom is 0.257 e. The third-order valence-electron chi connectivity index (χ3n) is 2.10. The maximum absolute atomic E-state index is 11.9. The standard InChI is InChI=1S/C13H16N2O2/c1-3-5-9-15-13(16)12-10(14)7-6-8-11(12)17-4-2/h6-8H,4,9,14H2,1-2H3,(H,15,16). The smallest absolute Gasteiger partial charge is 0.257 e. The zero-order valence-corrected chi connectivity index (χ0v) is 10.0. The quantitative estimate of drug-likeness (QED) is 0.609. The fourth-order valence-corrected chi connectivity index (χ4v) is 1.37. The highest BCUT2D eigenvalue weighted by molar-refractivity contribution is 6.01. The largest absolute Gasteiger partial charge is 0.493 e. The number of nitrogen functional groups attached to an aromatic ring is 1. The highest BCUT2D eigenvalue weighted by atomic mass is 16.5. The van der Waals surface area contributed by atoms with Gasteiger partial charge < -0.3 is 15.8 Å². The van der Waals surface area contributed by atoms with Crippen LogP contribution in [0.15, 0.2) is 18.2 Å². The van der Waals surface area contributed by atoms with Gasteiger partial charge >= 0.3 is 0 Å². The molecule has 90 valence electrons. The molecule has 0 fully saturated rings. The van der Waals surface area contributed by atoms with Crippen LogP contribution in [0.4, 0.5) is 5.69 Å². The van der Waals surface area contributed by atoms with E-state index in [-0.39, 0.29) is 5.91 Å². The van der Waals surface area contributed by atoms with Crippen molar-refractivity contribution in [2.24, 2.45) is 0 Å². The molecule has 1 aromatic rings. The van der Waals surface area contributed by atoms with Crippen LogP contribution in [0, 0.1) is 11.8 Å². The number of hydrogen-bond donors (Lipinski definition) is 2. The van der Waals surface area contributed by atoms with E-state index in [0.717, 1.165) is 0 Å². The summed E-state index contributed by atoms with van der Waals surface area (Å²) in [5, 5.41) is 2.67. The number of carbonyl (C=O) groups is 1. The summed E-state index contributed by atoms with van der Waals surface area (Å²) in [5.74, 6) is 5.68. The molecule has 0 heterocycles. The number of ether oxygens (including phenoxy) is 1. The normalized spacial score (nSPS) is 9.06. The van der Waals surface area contributed by atoms with Crippen LogP contribution in [0.1, 0.15) is 24.2 Å². The van der Waals surface area contributed by atoms with E-state index in [1.54, 1.807) is 25.1 Å². The molecule has 0 spiro atoms. The molecule has 0 saturated heterocycles. The minimum Gasteiger partial charge on any atom is -0.493 e. The van der Waals surface area contributed by atoms with Gasteiger partial charge in [-0.25, -0.2) is 0 Å². The lowest BCUT2D eigenvalue weighted by Crippen LogP contribution is -2.25. The van der Waals surface area contributed by atoms with Gasteiger partial charge in [0.15, 0.2) is 0 Å². The lowest BCUT2D eigenvalue weighted by molar-refractivity contribution is 0.0956. The van der Waals surface area contributed by atoms with Crippen molar-refractivity contribution in [3.63, 3.8) is 0 Å². The molecule has 0 aliphatic heterocycles. The van der Waals surface area contributed by atoms with E-state index in [0.29, 0.717) is 30.2 Å². The molecule has 0 radical (unpaired) electrons. The van der Waals surface area contributed by atoms with Crippen LogP contribution < -0.4 is 15.8 Å². The van der Waals surface area contributed by atoms with Crippen LogP contribution in [0.3, 0.4) is 0 Å². The van der Waals surface area contributed by atoms with Gasteiger partial charge in [0.05, 0.1) is 13.2 Å². The van der Waals surface area contributed by atoms with Crippen LogP contribution in [-0.4, -0.2) is 19.1 Å². The highest BCUT2D eigenvalue weighted by Gasteiger charge is 2.14. The predicted octanol–water partition coefficient (Wildman–Crippen LogP) is 1.42. The second-order valence-corrected chi connectivity index (χ2v) is 3.26. The highest BCUT2D eigenvalue weighted by Crippen LogP contribution is 2.24. The van der Waals surface area contributed by atoms with Gasteiger partial charge in [-0.2, -0.15) is 0 Å². The van der Waals surface area contributed by atoms with E-state index in [1.165, 1.54) is 0 Å². The third-order valence-corrected chi connectivity index (χ3v) is 2.10. The number of anilines is 1. The number of benzene rings is 1. The minimum absolute atomic E-state index is 0.269. The molecule has 1 aromatic carbocycles. The molecule has 0 aliphatic rings. The summed E-state index contributed by atoms with van der Waals surface area (Å²) in [5.41, 5.74) is 6.55. The molecule has 4 nitrogen and oxygen atoms in total. The van der Waals surface area contributed by atoms with E-state index in [9.17, 15) is 4.79 Å². The lowest BCUT2D eigenvalue weighted by Gasteiger charge is -2.11. The molecule has 0 atom stereocenters.